The summed E-state index contributed by atoms with van der Waals surface area (Å²) in [6.07, 6.45) is 1.06. The quantitative estimate of drug-likeness (QED) is 0.334. The molecule has 4 rings (SSSR count). The number of benzene rings is 3. The third kappa shape index (κ3) is 4.46. The first-order valence-electron chi connectivity index (χ1n) is 10.1. The summed E-state index contributed by atoms with van der Waals surface area (Å²) in [6.45, 7) is 6.27. The molecule has 3 aromatic carbocycles. The summed E-state index contributed by atoms with van der Waals surface area (Å²) >= 11 is 12.6. The van der Waals surface area contributed by atoms with Crippen molar-refractivity contribution >= 4 is 45.9 Å². The van der Waals surface area contributed by atoms with E-state index in [1.165, 1.54) is 5.56 Å². The van der Waals surface area contributed by atoms with Crippen LogP contribution in [-0.4, -0.2) is 10.9 Å². The number of carbonyl (C=O) groups excluding carboxylic acids is 1. The molecule has 0 bridgehead atoms. The Kier molecular flexibility index (Phi) is 6.03. The van der Waals surface area contributed by atoms with Crippen LogP contribution >= 0.6 is 23.2 Å². The molecule has 0 aliphatic heterocycles. The van der Waals surface area contributed by atoms with Crippen LogP contribution in [0, 0.1) is 6.92 Å². The van der Waals surface area contributed by atoms with E-state index in [0.29, 0.717) is 38.7 Å². The maximum Gasteiger partial charge on any atom is 0.257 e. The number of aromatic nitrogens is 1. The van der Waals surface area contributed by atoms with Gasteiger partial charge in [0.15, 0.2) is 5.58 Å². The molecule has 0 saturated heterocycles. The Morgan fingerprint density at radius 1 is 1.06 bits per heavy atom. The fourth-order valence-corrected chi connectivity index (χ4v) is 3.84. The SMILES string of the molecule is CCC(C)c1ccc2oc(-c3ccc(Cl)c(NC(=O)c4ccc(C)cc4Cl)c3)nc2c1. The fourth-order valence-electron chi connectivity index (χ4n) is 3.36. The number of oxazole rings is 1. The molecule has 1 atom stereocenters. The second kappa shape index (κ2) is 8.74. The van der Waals surface area contributed by atoms with Crippen LogP contribution in [0.4, 0.5) is 5.69 Å². The number of amides is 1. The van der Waals surface area contributed by atoms with E-state index in [4.69, 9.17) is 27.6 Å². The highest BCUT2D eigenvalue weighted by Crippen LogP contribution is 2.32. The van der Waals surface area contributed by atoms with Gasteiger partial charge in [-0.2, -0.15) is 0 Å². The minimum Gasteiger partial charge on any atom is -0.436 e. The largest absolute Gasteiger partial charge is 0.436 e. The number of carbonyl (C=O) groups is 1. The van der Waals surface area contributed by atoms with Gasteiger partial charge in [0, 0.05) is 5.56 Å². The lowest BCUT2D eigenvalue weighted by Crippen LogP contribution is -2.13. The van der Waals surface area contributed by atoms with Gasteiger partial charge >= 0.3 is 0 Å². The van der Waals surface area contributed by atoms with Crippen LogP contribution in [0.25, 0.3) is 22.6 Å². The van der Waals surface area contributed by atoms with Gasteiger partial charge < -0.3 is 9.73 Å². The van der Waals surface area contributed by atoms with Crippen LogP contribution in [0.2, 0.25) is 10.0 Å². The minimum absolute atomic E-state index is 0.334. The topological polar surface area (TPSA) is 55.1 Å². The molecule has 4 aromatic rings. The van der Waals surface area contributed by atoms with Gasteiger partial charge in [-0.3, -0.25) is 4.79 Å². The number of halogens is 2. The molecule has 0 spiro atoms. The van der Waals surface area contributed by atoms with Crippen LogP contribution < -0.4 is 5.32 Å². The molecule has 1 amide bonds. The van der Waals surface area contributed by atoms with Gasteiger partial charge in [-0.15, -0.1) is 0 Å². The first-order valence-corrected chi connectivity index (χ1v) is 10.9. The van der Waals surface area contributed by atoms with E-state index in [1.54, 1.807) is 24.3 Å². The van der Waals surface area contributed by atoms with E-state index in [9.17, 15) is 4.79 Å². The fraction of sp³-hybridized carbons (Fsp3) is 0.200. The second-order valence-electron chi connectivity index (χ2n) is 7.69. The third-order valence-corrected chi connectivity index (χ3v) is 6.07. The zero-order valence-corrected chi connectivity index (χ0v) is 19.0. The average molecular weight is 453 g/mol. The molecule has 1 N–H and O–H groups in total. The van der Waals surface area contributed by atoms with Crippen LogP contribution in [0.15, 0.2) is 59.0 Å². The summed E-state index contributed by atoms with van der Waals surface area (Å²) in [4.78, 5) is 17.4. The lowest BCUT2D eigenvalue weighted by molar-refractivity contribution is 0.102. The molecule has 0 saturated carbocycles. The summed E-state index contributed by atoms with van der Waals surface area (Å²) in [5, 5.41) is 3.64. The van der Waals surface area contributed by atoms with E-state index >= 15 is 0 Å². The molecule has 31 heavy (non-hydrogen) atoms. The van der Waals surface area contributed by atoms with Crippen LogP contribution in [-0.2, 0) is 0 Å². The molecule has 0 aliphatic carbocycles. The van der Waals surface area contributed by atoms with Crippen molar-refractivity contribution in [2.75, 3.05) is 5.32 Å². The Balaban J connectivity index is 1.65. The zero-order chi connectivity index (χ0) is 22.1. The van der Waals surface area contributed by atoms with E-state index in [-0.39, 0.29) is 5.91 Å². The summed E-state index contributed by atoms with van der Waals surface area (Å²) < 4.78 is 5.95. The van der Waals surface area contributed by atoms with Gasteiger partial charge in [-0.1, -0.05) is 49.2 Å². The second-order valence-corrected chi connectivity index (χ2v) is 8.50. The van der Waals surface area contributed by atoms with Crippen molar-refractivity contribution in [1.29, 1.82) is 0 Å². The number of nitrogens with zero attached hydrogens (tertiary/aromatic N) is 1. The van der Waals surface area contributed by atoms with E-state index in [1.807, 2.05) is 25.1 Å². The number of hydrogen-bond acceptors (Lipinski definition) is 3. The summed E-state index contributed by atoms with van der Waals surface area (Å²) in [7, 11) is 0. The van der Waals surface area contributed by atoms with Crippen molar-refractivity contribution < 1.29 is 9.21 Å². The summed E-state index contributed by atoms with van der Waals surface area (Å²) in [5.74, 6) is 0.590. The van der Waals surface area contributed by atoms with Gasteiger partial charge in [0.25, 0.3) is 5.91 Å². The zero-order valence-electron chi connectivity index (χ0n) is 17.5. The minimum atomic E-state index is -0.334. The average Bonchev–Trinajstić information content (AvgIpc) is 3.18. The number of nitrogens with one attached hydrogen (secondary N) is 1. The number of anilines is 1. The molecule has 1 heterocycles. The molecular weight excluding hydrogens is 431 g/mol. The normalized spacial score (nSPS) is 12.2. The molecule has 0 fully saturated rings. The van der Waals surface area contributed by atoms with Crippen LogP contribution in [0.1, 0.15) is 47.7 Å². The monoisotopic (exact) mass is 452 g/mol. The molecule has 1 unspecified atom stereocenters. The molecule has 0 radical (unpaired) electrons. The molecule has 6 heteroatoms. The lowest BCUT2D eigenvalue weighted by Gasteiger charge is -2.10. The van der Waals surface area contributed by atoms with E-state index < -0.39 is 0 Å². The Morgan fingerprint density at radius 3 is 2.61 bits per heavy atom. The number of fused-ring (bicyclic) bond motifs is 1. The van der Waals surface area contributed by atoms with Crippen LogP contribution in [0.3, 0.4) is 0 Å². The Morgan fingerprint density at radius 2 is 1.87 bits per heavy atom. The van der Waals surface area contributed by atoms with E-state index in [2.05, 4.69) is 36.3 Å². The van der Waals surface area contributed by atoms with Crippen LogP contribution in [0.5, 0.6) is 0 Å². The highest BCUT2D eigenvalue weighted by molar-refractivity contribution is 6.36. The third-order valence-electron chi connectivity index (χ3n) is 5.42. The number of rotatable bonds is 5. The molecule has 0 aliphatic rings. The Bertz CT molecular complexity index is 1280. The van der Waals surface area contributed by atoms with Crippen molar-refractivity contribution in [3.63, 3.8) is 0 Å². The first kappa shape index (κ1) is 21.4. The van der Waals surface area contributed by atoms with Gasteiger partial charge in [0.05, 0.1) is 21.3 Å². The van der Waals surface area contributed by atoms with Crippen molar-refractivity contribution in [2.45, 2.75) is 33.1 Å². The van der Waals surface area contributed by atoms with E-state index in [0.717, 1.165) is 23.1 Å². The highest BCUT2D eigenvalue weighted by atomic mass is 35.5. The maximum atomic E-state index is 12.7. The number of hydrogen-bond donors (Lipinski definition) is 1. The van der Waals surface area contributed by atoms with Crippen molar-refractivity contribution in [3.05, 3.63) is 81.3 Å². The Labute approximate surface area is 191 Å². The Hall–Kier alpha value is -2.82. The molecule has 1 aromatic heterocycles. The molecule has 158 valence electrons. The number of aryl methyl sites for hydroxylation is 1. The highest BCUT2D eigenvalue weighted by Gasteiger charge is 2.16. The van der Waals surface area contributed by atoms with Gasteiger partial charge in [-0.25, -0.2) is 4.98 Å². The first-order chi connectivity index (χ1) is 14.9. The van der Waals surface area contributed by atoms with Crippen molar-refractivity contribution in [3.8, 4) is 11.5 Å². The van der Waals surface area contributed by atoms with Crippen molar-refractivity contribution in [1.82, 2.24) is 4.98 Å². The molecule has 4 nitrogen and oxygen atoms in total. The van der Waals surface area contributed by atoms with Gasteiger partial charge in [-0.05, 0) is 72.9 Å². The molecular formula is C25H22Cl2N2O2. The summed E-state index contributed by atoms with van der Waals surface area (Å²) in [6, 6.07) is 16.7. The standard InChI is InChI=1S/C25H22Cl2N2O2/c1-4-15(3)16-7-10-23-22(12-16)29-25(31-23)17-6-9-19(26)21(13-17)28-24(30)18-8-5-14(2)11-20(18)27/h5-13,15H,4H2,1-3H3,(H,28,30). The predicted molar refractivity (Wildman–Crippen MR) is 127 cm³/mol. The maximum absolute atomic E-state index is 12.7. The smallest absolute Gasteiger partial charge is 0.257 e. The predicted octanol–water partition coefficient (Wildman–Crippen LogP) is 7.88. The van der Waals surface area contributed by atoms with Gasteiger partial charge in [0.2, 0.25) is 5.89 Å². The van der Waals surface area contributed by atoms with Gasteiger partial charge in [0.1, 0.15) is 5.52 Å². The van der Waals surface area contributed by atoms with Crippen molar-refractivity contribution in [2.24, 2.45) is 0 Å². The lowest BCUT2D eigenvalue weighted by atomic mass is 9.98. The summed E-state index contributed by atoms with van der Waals surface area (Å²) in [5.41, 5.74) is 5.30.